The van der Waals surface area contributed by atoms with Crippen molar-refractivity contribution in [3.8, 4) is 0 Å². The first-order chi connectivity index (χ1) is 13.8. The van der Waals surface area contributed by atoms with Crippen LogP contribution in [0.15, 0.2) is 0 Å². The van der Waals surface area contributed by atoms with E-state index < -0.39 is 12.7 Å². The van der Waals surface area contributed by atoms with Crippen molar-refractivity contribution in [2.45, 2.75) is 83.2 Å². The largest absolute Gasteiger partial charge is 0.465 e. The quantitative estimate of drug-likeness (QED) is 0.421. The van der Waals surface area contributed by atoms with Gasteiger partial charge in [-0.05, 0) is 87.5 Å². The summed E-state index contributed by atoms with van der Waals surface area (Å²) in [5, 5.41) is 2.50. The van der Waals surface area contributed by atoms with Gasteiger partial charge in [-0.15, -0.1) is 0 Å². The molecule has 0 spiro atoms. The van der Waals surface area contributed by atoms with Crippen molar-refractivity contribution in [1.29, 1.82) is 0 Å². The third-order valence-corrected chi connectivity index (χ3v) is 8.25. The highest BCUT2D eigenvalue weighted by molar-refractivity contribution is 5.77. The van der Waals surface area contributed by atoms with Gasteiger partial charge in [-0.1, -0.05) is 25.7 Å². The van der Waals surface area contributed by atoms with E-state index in [0.717, 1.165) is 75.5 Å². The van der Waals surface area contributed by atoms with E-state index in [1.165, 1.54) is 19.3 Å². The fraction of sp³-hybridized carbons (Fsp3) is 0.957. The molecule has 0 heterocycles. The summed E-state index contributed by atoms with van der Waals surface area (Å²) in [5.41, 5.74) is -0.157. The standard InChI is InChI=1S/C23H36F3NO2/c24-23(25,26)15-27-7-5-16-1-3-17(4-2-16)6-8-29-21(28)22-12-18-9-19(13-22)11-20(10-18)14-22/h16-20,27H,1-15H2. The van der Waals surface area contributed by atoms with Crippen LogP contribution in [0.25, 0.3) is 0 Å². The summed E-state index contributed by atoms with van der Waals surface area (Å²) in [6.45, 7) is 0.0953. The van der Waals surface area contributed by atoms with Gasteiger partial charge in [0.15, 0.2) is 0 Å². The Morgan fingerprint density at radius 3 is 1.93 bits per heavy atom. The van der Waals surface area contributed by atoms with Gasteiger partial charge in [-0.25, -0.2) is 0 Å². The second kappa shape index (κ2) is 8.76. The Labute approximate surface area is 172 Å². The number of ether oxygens (including phenoxy) is 1. The zero-order valence-corrected chi connectivity index (χ0v) is 17.4. The Bertz CT molecular complexity index is 534. The van der Waals surface area contributed by atoms with Gasteiger partial charge in [0.05, 0.1) is 18.6 Å². The first kappa shape index (κ1) is 21.5. The van der Waals surface area contributed by atoms with Crippen LogP contribution in [0, 0.1) is 35.0 Å². The van der Waals surface area contributed by atoms with Crippen LogP contribution >= 0.6 is 0 Å². The lowest BCUT2D eigenvalue weighted by atomic mass is 9.49. The molecule has 0 amide bonds. The van der Waals surface area contributed by atoms with E-state index >= 15 is 0 Å². The molecular weight excluding hydrogens is 379 g/mol. The normalized spacial score (nSPS) is 38.9. The molecule has 0 aromatic carbocycles. The Hall–Kier alpha value is -0.780. The summed E-state index contributed by atoms with van der Waals surface area (Å²) >= 11 is 0. The average Bonchev–Trinajstić information content (AvgIpc) is 2.64. The number of carbonyl (C=O) groups is 1. The molecule has 0 aromatic rings. The molecule has 5 rings (SSSR count). The first-order valence-corrected chi connectivity index (χ1v) is 11.8. The van der Waals surface area contributed by atoms with Crippen LogP contribution in [0.1, 0.15) is 77.0 Å². The number of halogens is 3. The lowest BCUT2D eigenvalue weighted by Gasteiger charge is -2.55. The number of hydrogen-bond acceptors (Lipinski definition) is 3. The van der Waals surface area contributed by atoms with Crippen LogP contribution < -0.4 is 5.32 Å². The van der Waals surface area contributed by atoms with Gasteiger partial charge in [-0.3, -0.25) is 4.79 Å². The predicted octanol–water partition coefficient (Wildman–Crippen LogP) is 5.48. The molecule has 4 bridgehead atoms. The molecule has 5 aliphatic carbocycles. The van der Waals surface area contributed by atoms with E-state index in [0.29, 0.717) is 25.0 Å². The Morgan fingerprint density at radius 1 is 0.897 bits per heavy atom. The average molecular weight is 416 g/mol. The molecule has 5 fully saturated rings. The second-order valence-corrected chi connectivity index (χ2v) is 10.6. The number of carbonyl (C=O) groups excluding carboxylic acids is 1. The molecule has 0 unspecified atom stereocenters. The maximum Gasteiger partial charge on any atom is 0.401 e. The summed E-state index contributed by atoms with van der Waals surface area (Å²) in [6, 6.07) is 0. The van der Waals surface area contributed by atoms with Crippen molar-refractivity contribution in [3.05, 3.63) is 0 Å². The van der Waals surface area contributed by atoms with Crippen LogP contribution in [-0.4, -0.2) is 31.8 Å². The lowest BCUT2D eigenvalue weighted by molar-refractivity contribution is -0.172. The van der Waals surface area contributed by atoms with Crippen molar-refractivity contribution in [2.75, 3.05) is 19.7 Å². The van der Waals surface area contributed by atoms with Gasteiger partial charge < -0.3 is 10.1 Å². The van der Waals surface area contributed by atoms with E-state index in [-0.39, 0.29) is 11.4 Å². The molecule has 0 radical (unpaired) electrons. The maximum absolute atomic E-state index is 12.9. The van der Waals surface area contributed by atoms with Gasteiger partial charge in [0.1, 0.15) is 0 Å². The van der Waals surface area contributed by atoms with E-state index in [2.05, 4.69) is 5.32 Å². The third-order valence-electron chi connectivity index (χ3n) is 8.25. The topological polar surface area (TPSA) is 38.3 Å². The van der Waals surface area contributed by atoms with E-state index in [4.69, 9.17) is 4.74 Å². The zero-order valence-electron chi connectivity index (χ0n) is 17.4. The van der Waals surface area contributed by atoms with Gasteiger partial charge >= 0.3 is 12.1 Å². The van der Waals surface area contributed by atoms with Crippen LogP contribution in [0.2, 0.25) is 0 Å². The van der Waals surface area contributed by atoms with Crippen LogP contribution in [-0.2, 0) is 9.53 Å². The second-order valence-electron chi connectivity index (χ2n) is 10.6. The lowest BCUT2D eigenvalue weighted by Crippen LogP contribution is -2.50. The molecule has 0 saturated heterocycles. The van der Waals surface area contributed by atoms with Crippen LogP contribution in [0.5, 0.6) is 0 Å². The highest BCUT2D eigenvalue weighted by Gasteiger charge is 2.55. The molecule has 0 aromatic heterocycles. The van der Waals surface area contributed by atoms with E-state index in [1.54, 1.807) is 0 Å². The van der Waals surface area contributed by atoms with Crippen molar-refractivity contribution in [2.24, 2.45) is 35.0 Å². The van der Waals surface area contributed by atoms with Crippen LogP contribution in [0.4, 0.5) is 13.2 Å². The highest BCUT2D eigenvalue weighted by atomic mass is 19.4. The maximum atomic E-state index is 12.9. The summed E-state index contributed by atoms with van der Waals surface area (Å²) < 4.78 is 42.3. The Balaban J connectivity index is 1.11. The SMILES string of the molecule is O=C(OCCC1CCC(CCNCC(F)(F)F)CC1)C12CC3CC(CC(C3)C1)C2. The molecular formula is C23H36F3NO2. The molecule has 3 nitrogen and oxygen atoms in total. The fourth-order valence-electron chi connectivity index (χ4n) is 7.18. The predicted molar refractivity (Wildman–Crippen MR) is 105 cm³/mol. The molecule has 6 heteroatoms. The minimum absolute atomic E-state index is 0.0843. The number of nitrogens with one attached hydrogen (secondary N) is 1. The van der Waals surface area contributed by atoms with Gasteiger partial charge in [0, 0.05) is 0 Å². The first-order valence-electron chi connectivity index (χ1n) is 11.8. The van der Waals surface area contributed by atoms with Gasteiger partial charge in [-0.2, -0.15) is 13.2 Å². The van der Waals surface area contributed by atoms with Crippen molar-refractivity contribution in [1.82, 2.24) is 5.32 Å². The van der Waals surface area contributed by atoms with E-state index in [9.17, 15) is 18.0 Å². The van der Waals surface area contributed by atoms with Crippen LogP contribution in [0.3, 0.4) is 0 Å². The molecule has 166 valence electrons. The molecule has 0 atom stereocenters. The summed E-state index contributed by atoms with van der Waals surface area (Å²) in [6.07, 6.45) is 9.22. The van der Waals surface area contributed by atoms with Gasteiger partial charge in [0.25, 0.3) is 0 Å². The molecule has 1 N–H and O–H groups in total. The molecule has 5 saturated carbocycles. The number of hydrogen-bond donors (Lipinski definition) is 1. The fourth-order valence-corrected chi connectivity index (χ4v) is 7.18. The van der Waals surface area contributed by atoms with E-state index in [1.807, 2.05) is 0 Å². The van der Waals surface area contributed by atoms with Gasteiger partial charge in [0.2, 0.25) is 0 Å². The number of alkyl halides is 3. The summed E-state index contributed by atoms with van der Waals surface area (Å²) in [5.74, 6) is 3.49. The molecule has 0 aliphatic heterocycles. The number of rotatable bonds is 8. The molecule has 29 heavy (non-hydrogen) atoms. The smallest absolute Gasteiger partial charge is 0.401 e. The Kier molecular flexibility index (Phi) is 6.48. The minimum atomic E-state index is -4.12. The monoisotopic (exact) mass is 415 g/mol. The molecule has 5 aliphatic rings. The van der Waals surface area contributed by atoms with Crippen molar-refractivity contribution < 1.29 is 22.7 Å². The highest BCUT2D eigenvalue weighted by Crippen LogP contribution is 2.60. The minimum Gasteiger partial charge on any atom is -0.465 e. The van der Waals surface area contributed by atoms with Crippen molar-refractivity contribution in [3.63, 3.8) is 0 Å². The third kappa shape index (κ3) is 5.48. The summed E-state index contributed by atoms with van der Waals surface area (Å²) in [4.78, 5) is 12.9. The van der Waals surface area contributed by atoms with Crippen molar-refractivity contribution >= 4 is 5.97 Å². The summed E-state index contributed by atoms with van der Waals surface area (Å²) in [7, 11) is 0. The zero-order chi connectivity index (χ0) is 20.5. The Morgan fingerprint density at radius 2 is 1.41 bits per heavy atom. The number of esters is 1.